The average molecular weight is 282 g/mol. The molecule has 1 aliphatic rings. The summed E-state index contributed by atoms with van der Waals surface area (Å²) in [5.74, 6) is 0.812. The Balaban J connectivity index is 1.98. The molecule has 4 nitrogen and oxygen atoms in total. The highest BCUT2D eigenvalue weighted by molar-refractivity contribution is 6.10. The highest BCUT2D eigenvalue weighted by Gasteiger charge is 2.28. The number of anilines is 2. The minimum atomic E-state index is 0.0465. The molecule has 1 aliphatic heterocycles. The van der Waals surface area contributed by atoms with E-state index in [1.54, 1.807) is 12.0 Å². The van der Waals surface area contributed by atoms with Crippen LogP contribution >= 0.6 is 0 Å². The molecule has 0 atom stereocenters. The van der Waals surface area contributed by atoms with Gasteiger partial charge in [-0.25, -0.2) is 0 Å². The van der Waals surface area contributed by atoms with E-state index in [9.17, 15) is 4.79 Å². The van der Waals surface area contributed by atoms with Crippen molar-refractivity contribution in [2.45, 2.75) is 6.54 Å². The van der Waals surface area contributed by atoms with Crippen LogP contribution in [0.4, 0.5) is 11.4 Å². The Morgan fingerprint density at radius 3 is 2.57 bits per heavy atom. The molecule has 0 bridgehead atoms. The minimum Gasteiger partial charge on any atom is -0.495 e. The number of carbonyl (C=O) groups is 1. The first kappa shape index (κ1) is 13.5. The fourth-order valence-electron chi connectivity index (χ4n) is 2.67. The summed E-state index contributed by atoms with van der Waals surface area (Å²) in [7, 11) is 5.58. The van der Waals surface area contributed by atoms with Crippen molar-refractivity contribution >= 4 is 17.3 Å². The molecule has 2 aromatic rings. The number of ether oxygens (including phenoxy) is 1. The average Bonchev–Trinajstić information content (AvgIpc) is 2.84. The molecule has 0 radical (unpaired) electrons. The van der Waals surface area contributed by atoms with Crippen molar-refractivity contribution in [3.8, 4) is 5.75 Å². The number of fused-ring (bicyclic) bond motifs is 1. The van der Waals surface area contributed by atoms with Gasteiger partial charge in [-0.1, -0.05) is 18.2 Å². The molecule has 4 heteroatoms. The van der Waals surface area contributed by atoms with E-state index >= 15 is 0 Å². The van der Waals surface area contributed by atoms with Crippen LogP contribution in [-0.4, -0.2) is 27.1 Å². The second-order valence-corrected chi connectivity index (χ2v) is 5.30. The van der Waals surface area contributed by atoms with Gasteiger partial charge in [0.1, 0.15) is 5.75 Å². The lowest BCUT2D eigenvalue weighted by molar-refractivity contribution is 0.0996. The van der Waals surface area contributed by atoms with Gasteiger partial charge in [0.15, 0.2) is 0 Å². The highest BCUT2D eigenvalue weighted by Crippen LogP contribution is 2.35. The lowest BCUT2D eigenvalue weighted by atomic mass is 10.1. The number of rotatable bonds is 3. The molecule has 108 valence electrons. The van der Waals surface area contributed by atoms with Gasteiger partial charge in [-0.05, 0) is 23.8 Å². The summed E-state index contributed by atoms with van der Waals surface area (Å²) in [5.41, 5.74) is 3.70. The molecule has 0 aliphatic carbocycles. The van der Waals surface area contributed by atoms with Crippen LogP contribution in [0.2, 0.25) is 0 Å². The second kappa shape index (κ2) is 5.13. The third-order valence-electron chi connectivity index (χ3n) is 3.78. The molecule has 2 aromatic carbocycles. The van der Waals surface area contributed by atoms with Crippen LogP contribution in [0.1, 0.15) is 15.9 Å². The van der Waals surface area contributed by atoms with Crippen LogP contribution < -0.4 is 14.5 Å². The zero-order chi connectivity index (χ0) is 15.0. The molecule has 0 saturated carbocycles. The van der Waals surface area contributed by atoms with E-state index in [0.717, 1.165) is 28.3 Å². The lowest BCUT2D eigenvalue weighted by Gasteiger charge is -2.21. The number of amides is 1. The summed E-state index contributed by atoms with van der Waals surface area (Å²) in [6, 6.07) is 13.6. The van der Waals surface area contributed by atoms with E-state index in [1.807, 2.05) is 61.5 Å². The Morgan fingerprint density at radius 2 is 1.90 bits per heavy atom. The van der Waals surface area contributed by atoms with Gasteiger partial charge >= 0.3 is 0 Å². The van der Waals surface area contributed by atoms with Crippen LogP contribution in [0.15, 0.2) is 42.5 Å². The van der Waals surface area contributed by atoms with Gasteiger partial charge in [-0.15, -0.1) is 0 Å². The third kappa shape index (κ3) is 2.23. The monoisotopic (exact) mass is 282 g/mol. The normalized spacial score (nSPS) is 13.3. The van der Waals surface area contributed by atoms with Crippen molar-refractivity contribution in [2.75, 3.05) is 31.0 Å². The Labute approximate surface area is 124 Å². The molecule has 0 spiro atoms. The third-order valence-corrected chi connectivity index (χ3v) is 3.78. The summed E-state index contributed by atoms with van der Waals surface area (Å²) in [6.45, 7) is 0.611. The van der Waals surface area contributed by atoms with Gasteiger partial charge in [-0.3, -0.25) is 4.79 Å². The van der Waals surface area contributed by atoms with E-state index in [2.05, 4.69) is 0 Å². The molecule has 3 rings (SSSR count). The van der Waals surface area contributed by atoms with Crippen molar-refractivity contribution in [3.05, 3.63) is 53.6 Å². The summed E-state index contributed by atoms with van der Waals surface area (Å²) in [6.07, 6.45) is 0. The number of carbonyl (C=O) groups excluding carboxylic acids is 1. The predicted molar refractivity (Wildman–Crippen MR) is 84.3 cm³/mol. The van der Waals surface area contributed by atoms with Crippen molar-refractivity contribution in [2.24, 2.45) is 0 Å². The molecular weight excluding hydrogens is 264 g/mol. The number of hydrogen-bond acceptors (Lipinski definition) is 3. The lowest BCUT2D eigenvalue weighted by Crippen LogP contribution is -2.23. The maximum Gasteiger partial charge on any atom is 0.258 e. The predicted octanol–water partition coefficient (Wildman–Crippen LogP) is 2.92. The van der Waals surface area contributed by atoms with Gasteiger partial charge in [0.25, 0.3) is 5.91 Å². The number of hydrogen-bond donors (Lipinski definition) is 0. The Hall–Kier alpha value is -2.49. The highest BCUT2D eigenvalue weighted by atomic mass is 16.5. The zero-order valence-electron chi connectivity index (χ0n) is 12.5. The molecule has 0 unspecified atom stereocenters. The van der Waals surface area contributed by atoms with Crippen LogP contribution in [0.3, 0.4) is 0 Å². The first-order chi connectivity index (χ1) is 10.1. The van der Waals surface area contributed by atoms with Crippen molar-refractivity contribution < 1.29 is 9.53 Å². The van der Waals surface area contributed by atoms with Crippen molar-refractivity contribution in [1.82, 2.24) is 0 Å². The fourth-order valence-corrected chi connectivity index (χ4v) is 2.67. The van der Waals surface area contributed by atoms with Gasteiger partial charge in [-0.2, -0.15) is 0 Å². The molecular formula is C17H18N2O2. The maximum absolute atomic E-state index is 12.5. The smallest absolute Gasteiger partial charge is 0.258 e. The second-order valence-electron chi connectivity index (χ2n) is 5.30. The van der Waals surface area contributed by atoms with Crippen molar-refractivity contribution in [1.29, 1.82) is 0 Å². The molecule has 0 saturated heterocycles. The van der Waals surface area contributed by atoms with E-state index in [4.69, 9.17) is 4.74 Å². The standard InChI is InChI=1S/C17H18N2O2/c1-18(2)15-9-8-13(10-16(15)21-3)19-11-12-6-4-5-7-14(12)17(19)20/h4-10H,11H2,1-3H3. The van der Waals surface area contributed by atoms with Crippen LogP contribution in [-0.2, 0) is 6.54 Å². The molecule has 1 amide bonds. The Kier molecular flexibility index (Phi) is 3.29. The fraction of sp³-hybridized carbons (Fsp3) is 0.235. The number of nitrogens with zero attached hydrogens (tertiary/aromatic N) is 2. The molecule has 0 aromatic heterocycles. The van der Waals surface area contributed by atoms with E-state index in [1.165, 1.54) is 0 Å². The van der Waals surface area contributed by atoms with Gasteiger partial charge < -0.3 is 14.5 Å². The maximum atomic E-state index is 12.5. The summed E-state index contributed by atoms with van der Waals surface area (Å²) < 4.78 is 5.44. The largest absolute Gasteiger partial charge is 0.495 e. The van der Waals surface area contributed by atoms with Crippen molar-refractivity contribution in [3.63, 3.8) is 0 Å². The summed E-state index contributed by atoms with van der Waals surface area (Å²) in [4.78, 5) is 16.3. The molecule has 0 fully saturated rings. The Morgan fingerprint density at radius 1 is 1.14 bits per heavy atom. The zero-order valence-corrected chi connectivity index (χ0v) is 12.5. The van der Waals surface area contributed by atoms with E-state index in [-0.39, 0.29) is 5.91 Å². The van der Waals surface area contributed by atoms with Gasteiger partial charge in [0, 0.05) is 31.4 Å². The Bertz CT molecular complexity index is 695. The molecule has 0 N–H and O–H groups in total. The number of benzene rings is 2. The SMILES string of the molecule is COc1cc(N2Cc3ccccc3C2=O)ccc1N(C)C. The first-order valence-corrected chi connectivity index (χ1v) is 6.87. The molecule has 1 heterocycles. The van der Waals surface area contributed by atoms with Crippen LogP contribution in [0, 0.1) is 0 Å². The van der Waals surface area contributed by atoms with Crippen LogP contribution in [0.25, 0.3) is 0 Å². The summed E-state index contributed by atoms with van der Waals surface area (Å²) in [5, 5.41) is 0. The van der Waals surface area contributed by atoms with E-state index < -0.39 is 0 Å². The van der Waals surface area contributed by atoms with Crippen LogP contribution in [0.5, 0.6) is 5.75 Å². The quantitative estimate of drug-likeness (QED) is 0.867. The first-order valence-electron chi connectivity index (χ1n) is 6.87. The van der Waals surface area contributed by atoms with Gasteiger partial charge in [0.2, 0.25) is 0 Å². The van der Waals surface area contributed by atoms with Gasteiger partial charge in [0.05, 0.1) is 19.3 Å². The van der Waals surface area contributed by atoms with E-state index in [0.29, 0.717) is 6.54 Å². The topological polar surface area (TPSA) is 32.8 Å². The minimum absolute atomic E-state index is 0.0465. The molecule has 21 heavy (non-hydrogen) atoms. The summed E-state index contributed by atoms with van der Waals surface area (Å²) >= 11 is 0. The number of methoxy groups -OCH3 is 1.